The molecule has 1 heterocycles. The third-order valence-electron chi connectivity index (χ3n) is 3.60. The molecule has 0 atom stereocenters. The van der Waals surface area contributed by atoms with Gasteiger partial charge in [0.05, 0.1) is 18.9 Å². The number of benzene rings is 2. The van der Waals surface area contributed by atoms with Gasteiger partial charge < -0.3 is 9.84 Å². The van der Waals surface area contributed by atoms with Gasteiger partial charge in [-0.15, -0.1) is 10.2 Å². The minimum Gasteiger partial charge on any atom is -0.497 e. The number of hydrogen-bond donors (Lipinski definition) is 3. The maximum absolute atomic E-state index is 12.2. The lowest BCUT2D eigenvalue weighted by molar-refractivity contribution is 0.0697. The van der Waals surface area contributed by atoms with Crippen LogP contribution in [0.3, 0.4) is 0 Å². The van der Waals surface area contributed by atoms with Crippen molar-refractivity contribution in [2.45, 2.75) is 0 Å². The Bertz CT molecular complexity index is 1030. The minimum atomic E-state index is -0.999. The van der Waals surface area contributed by atoms with Gasteiger partial charge in [0, 0.05) is 5.56 Å². The van der Waals surface area contributed by atoms with Crippen molar-refractivity contribution in [3.8, 4) is 17.0 Å². The van der Waals surface area contributed by atoms with E-state index in [2.05, 4.69) is 25.7 Å². The molecule has 3 aromatic rings. The van der Waals surface area contributed by atoms with Gasteiger partial charge in [0.2, 0.25) is 5.95 Å². The number of nitrogens with zero attached hydrogens (tertiary/aromatic N) is 3. The fourth-order valence-corrected chi connectivity index (χ4v) is 2.20. The number of ether oxygens (including phenoxy) is 1. The van der Waals surface area contributed by atoms with Crippen LogP contribution >= 0.6 is 0 Å². The van der Waals surface area contributed by atoms with Gasteiger partial charge in [-0.05, 0) is 42.0 Å². The molecule has 2 aromatic carbocycles. The van der Waals surface area contributed by atoms with E-state index < -0.39 is 11.5 Å². The number of carboxylic acids is 1. The summed E-state index contributed by atoms with van der Waals surface area (Å²) < 4.78 is 5.08. The largest absolute Gasteiger partial charge is 0.497 e. The van der Waals surface area contributed by atoms with Crippen molar-refractivity contribution in [1.82, 2.24) is 15.2 Å². The third-order valence-corrected chi connectivity index (χ3v) is 3.60. The highest BCUT2D eigenvalue weighted by Crippen LogP contribution is 2.17. The Kier molecular flexibility index (Phi) is 5.22. The summed E-state index contributed by atoms with van der Waals surface area (Å²) in [5, 5.41) is 20.6. The van der Waals surface area contributed by atoms with E-state index in [0.29, 0.717) is 16.9 Å². The molecule has 0 fully saturated rings. The molecule has 0 unspecified atom stereocenters. The fourth-order valence-electron chi connectivity index (χ4n) is 2.20. The van der Waals surface area contributed by atoms with E-state index in [0.717, 1.165) is 0 Å². The number of nitrogens with one attached hydrogen (secondary N) is 2. The molecular formula is C18H15N5O4. The van der Waals surface area contributed by atoms with Crippen LogP contribution in [0.15, 0.2) is 58.4 Å². The zero-order valence-corrected chi connectivity index (χ0v) is 14.2. The van der Waals surface area contributed by atoms with Crippen molar-refractivity contribution in [2.75, 3.05) is 12.5 Å². The summed E-state index contributed by atoms with van der Waals surface area (Å²) in [6, 6.07) is 13.0. The monoisotopic (exact) mass is 365 g/mol. The second kappa shape index (κ2) is 7.91. The first-order valence-corrected chi connectivity index (χ1v) is 7.80. The molecule has 0 saturated carbocycles. The number of aromatic carboxylic acids is 1. The van der Waals surface area contributed by atoms with Crippen molar-refractivity contribution in [2.24, 2.45) is 5.10 Å². The average molecular weight is 365 g/mol. The van der Waals surface area contributed by atoms with Crippen LogP contribution in [0.2, 0.25) is 0 Å². The van der Waals surface area contributed by atoms with Gasteiger partial charge in [0.15, 0.2) is 5.69 Å². The van der Waals surface area contributed by atoms with E-state index >= 15 is 0 Å². The highest BCUT2D eigenvalue weighted by molar-refractivity contribution is 5.89. The number of methoxy groups -OCH3 is 1. The first kappa shape index (κ1) is 17.8. The Hall–Kier alpha value is -4.01. The number of anilines is 1. The molecule has 0 bridgehead atoms. The van der Waals surface area contributed by atoms with Crippen LogP contribution in [0, 0.1) is 0 Å². The molecule has 9 heteroatoms. The van der Waals surface area contributed by atoms with Gasteiger partial charge in [-0.25, -0.2) is 10.2 Å². The average Bonchev–Trinajstić information content (AvgIpc) is 2.69. The summed E-state index contributed by atoms with van der Waals surface area (Å²) in [7, 11) is 1.56. The van der Waals surface area contributed by atoms with Crippen LogP contribution in [0.1, 0.15) is 15.9 Å². The van der Waals surface area contributed by atoms with Gasteiger partial charge in [-0.2, -0.15) is 5.10 Å². The quantitative estimate of drug-likeness (QED) is 0.450. The molecule has 3 N–H and O–H groups in total. The molecule has 0 aliphatic carbocycles. The Morgan fingerprint density at radius 3 is 2.44 bits per heavy atom. The predicted octanol–water partition coefficient (Wildman–Crippen LogP) is 1.98. The maximum Gasteiger partial charge on any atom is 0.335 e. The summed E-state index contributed by atoms with van der Waals surface area (Å²) in [6.07, 6.45) is 1.46. The van der Waals surface area contributed by atoms with Crippen molar-refractivity contribution in [3.05, 3.63) is 70.0 Å². The zero-order chi connectivity index (χ0) is 19.2. The van der Waals surface area contributed by atoms with Crippen molar-refractivity contribution < 1.29 is 14.6 Å². The fraction of sp³-hybridized carbons (Fsp3) is 0.0556. The van der Waals surface area contributed by atoms with E-state index in [-0.39, 0.29) is 17.2 Å². The van der Waals surface area contributed by atoms with Crippen LogP contribution in [-0.4, -0.2) is 39.6 Å². The Balaban J connectivity index is 1.70. The van der Waals surface area contributed by atoms with Gasteiger partial charge in [-0.1, -0.05) is 12.1 Å². The smallest absolute Gasteiger partial charge is 0.335 e. The topological polar surface area (TPSA) is 130 Å². The molecular weight excluding hydrogens is 350 g/mol. The van der Waals surface area contributed by atoms with E-state index in [1.807, 2.05) is 0 Å². The second-order valence-electron chi connectivity index (χ2n) is 5.38. The summed E-state index contributed by atoms with van der Waals surface area (Å²) in [4.78, 5) is 25.5. The molecule has 0 amide bonds. The number of hydrazone groups is 1. The molecule has 0 aliphatic heterocycles. The summed E-state index contributed by atoms with van der Waals surface area (Å²) >= 11 is 0. The Morgan fingerprint density at radius 2 is 1.85 bits per heavy atom. The lowest BCUT2D eigenvalue weighted by Crippen LogP contribution is -2.15. The normalized spacial score (nSPS) is 10.7. The third kappa shape index (κ3) is 4.34. The second-order valence-corrected chi connectivity index (χ2v) is 5.38. The standard InChI is InChI=1S/C18H15N5O4/c1-27-14-8-6-12(7-9-14)15-16(24)20-18(23-21-15)22-19-10-11-2-4-13(5-3-11)17(25)26/h2-10H,1H3,(H,25,26)(H2,20,22,23,24)/b19-10+. The molecule has 9 nitrogen and oxygen atoms in total. The molecule has 0 aliphatic rings. The predicted molar refractivity (Wildman–Crippen MR) is 99.3 cm³/mol. The van der Waals surface area contributed by atoms with Crippen molar-refractivity contribution in [1.29, 1.82) is 0 Å². The first-order chi connectivity index (χ1) is 13.1. The van der Waals surface area contributed by atoms with E-state index in [1.165, 1.54) is 18.3 Å². The Labute approximate surface area is 153 Å². The molecule has 0 radical (unpaired) electrons. The van der Waals surface area contributed by atoms with Crippen molar-refractivity contribution >= 4 is 18.1 Å². The van der Waals surface area contributed by atoms with E-state index in [4.69, 9.17) is 9.84 Å². The van der Waals surface area contributed by atoms with Crippen LogP contribution in [-0.2, 0) is 0 Å². The number of H-pyrrole nitrogens is 1. The zero-order valence-electron chi connectivity index (χ0n) is 14.2. The summed E-state index contributed by atoms with van der Waals surface area (Å²) in [5.74, 6) is -0.246. The number of carbonyl (C=O) groups is 1. The molecule has 27 heavy (non-hydrogen) atoms. The Morgan fingerprint density at radius 1 is 1.15 bits per heavy atom. The summed E-state index contributed by atoms with van der Waals surface area (Å²) in [6.45, 7) is 0. The van der Waals surface area contributed by atoms with Gasteiger partial charge >= 0.3 is 5.97 Å². The number of aromatic amines is 1. The highest BCUT2D eigenvalue weighted by Gasteiger charge is 2.07. The van der Waals surface area contributed by atoms with Gasteiger partial charge in [-0.3, -0.25) is 9.78 Å². The lowest BCUT2D eigenvalue weighted by atomic mass is 10.1. The molecule has 3 rings (SSSR count). The lowest BCUT2D eigenvalue weighted by Gasteiger charge is -2.03. The number of hydrogen-bond acceptors (Lipinski definition) is 7. The van der Waals surface area contributed by atoms with E-state index in [9.17, 15) is 9.59 Å². The van der Waals surface area contributed by atoms with Crippen LogP contribution in [0.4, 0.5) is 5.95 Å². The minimum absolute atomic E-state index is 0.0793. The highest BCUT2D eigenvalue weighted by atomic mass is 16.5. The van der Waals surface area contributed by atoms with Gasteiger partial charge in [0.25, 0.3) is 5.56 Å². The number of aromatic nitrogens is 3. The van der Waals surface area contributed by atoms with Gasteiger partial charge in [0.1, 0.15) is 5.75 Å². The molecule has 1 aromatic heterocycles. The van der Waals surface area contributed by atoms with E-state index in [1.54, 1.807) is 43.5 Å². The molecule has 0 saturated heterocycles. The van der Waals surface area contributed by atoms with Crippen LogP contribution < -0.4 is 15.7 Å². The maximum atomic E-state index is 12.2. The number of rotatable bonds is 6. The van der Waals surface area contributed by atoms with Crippen LogP contribution in [0.25, 0.3) is 11.3 Å². The van der Waals surface area contributed by atoms with Crippen molar-refractivity contribution in [3.63, 3.8) is 0 Å². The molecule has 136 valence electrons. The summed E-state index contributed by atoms with van der Waals surface area (Å²) in [5.41, 5.74) is 3.80. The SMILES string of the molecule is COc1ccc(-c2nnc(N/N=C/c3ccc(C(=O)O)cc3)[nH]c2=O)cc1. The van der Waals surface area contributed by atoms with Crippen LogP contribution in [0.5, 0.6) is 5.75 Å². The molecule has 0 spiro atoms. The first-order valence-electron chi connectivity index (χ1n) is 7.80. The number of carboxylic acid groups (broad SMARTS) is 1.